The lowest BCUT2D eigenvalue weighted by Crippen LogP contribution is -2.05. The molecule has 0 aliphatic carbocycles. The molecule has 0 radical (unpaired) electrons. The molecule has 0 unspecified atom stereocenters. The summed E-state index contributed by atoms with van der Waals surface area (Å²) in [6, 6.07) is 10.1. The quantitative estimate of drug-likeness (QED) is 0.663. The van der Waals surface area contributed by atoms with E-state index in [2.05, 4.69) is 31.2 Å². The third-order valence-corrected chi connectivity index (χ3v) is 2.44. The Morgan fingerprint density at radius 3 is 2.29 bits per heavy atom. The number of carbonyl (C=O) groups is 1. The Labute approximate surface area is 85.5 Å². The van der Waals surface area contributed by atoms with Crippen molar-refractivity contribution in [3.63, 3.8) is 0 Å². The second-order valence-electron chi connectivity index (χ2n) is 3.62. The highest BCUT2D eigenvalue weighted by Crippen LogP contribution is 2.12. The first kappa shape index (κ1) is 10.7. The third kappa shape index (κ3) is 3.17. The van der Waals surface area contributed by atoms with Gasteiger partial charge < -0.3 is 4.79 Å². The second-order valence-corrected chi connectivity index (χ2v) is 3.62. The van der Waals surface area contributed by atoms with E-state index in [4.69, 9.17) is 0 Å². The molecule has 0 saturated carbocycles. The molecule has 0 aromatic heterocycles. The summed E-state index contributed by atoms with van der Waals surface area (Å²) in [5.41, 5.74) is 1.18. The number of allylic oxidation sites excluding steroid dienone is 1. The smallest absolute Gasteiger partial charge is 0.123 e. The van der Waals surface area contributed by atoms with Crippen molar-refractivity contribution in [1.82, 2.24) is 0 Å². The standard InChI is InChI=1S/C13H16O/c1-11(12(2)10-14)8-9-13-6-4-3-5-7-13/h3-12H,1-2H3/b9-8+/t11-,12-/m1/s1. The van der Waals surface area contributed by atoms with Gasteiger partial charge in [-0.05, 0) is 11.5 Å². The summed E-state index contributed by atoms with van der Waals surface area (Å²) in [7, 11) is 0. The fraction of sp³-hybridized carbons (Fsp3) is 0.308. The summed E-state index contributed by atoms with van der Waals surface area (Å²) >= 11 is 0. The molecule has 0 amide bonds. The van der Waals surface area contributed by atoms with Gasteiger partial charge in [0, 0.05) is 5.92 Å². The number of hydrogen-bond acceptors (Lipinski definition) is 1. The van der Waals surface area contributed by atoms with Crippen molar-refractivity contribution >= 4 is 12.4 Å². The molecule has 1 heteroatoms. The van der Waals surface area contributed by atoms with Crippen LogP contribution in [0.25, 0.3) is 6.08 Å². The highest BCUT2D eigenvalue weighted by atomic mass is 16.1. The van der Waals surface area contributed by atoms with E-state index >= 15 is 0 Å². The summed E-state index contributed by atoms with van der Waals surface area (Å²) in [5, 5.41) is 0. The van der Waals surface area contributed by atoms with Crippen molar-refractivity contribution in [2.45, 2.75) is 13.8 Å². The van der Waals surface area contributed by atoms with Crippen LogP contribution in [0.2, 0.25) is 0 Å². The van der Waals surface area contributed by atoms with E-state index in [1.54, 1.807) is 0 Å². The number of carbonyl (C=O) groups excluding carboxylic acids is 1. The third-order valence-electron chi connectivity index (χ3n) is 2.44. The molecule has 0 spiro atoms. The van der Waals surface area contributed by atoms with E-state index in [1.807, 2.05) is 25.1 Å². The Balaban J connectivity index is 2.60. The van der Waals surface area contributed by atoms with Gasteiger partial charge in [0.2, 0.25) is 0 Å². The average Bonchev–Trinajstić information content (AvgIpc) is 2.26. The lowest BCUT2D eigenvalue weighted by molar-refractivity contribution is -0.111. The van der Waals surface area contributed by atoms with Crippen LogP contribution in [-0.2, 0) is 4.79 Å². The minimum Gasteiger partial charge on any atom is -0.303 e. The van der Waals surface area contributed by atoms with Gasteiger partial charge in [0.05, 0.1) is 0 Å². The van der Waals surface area contributed by atoms with Crippen molar-refractivity contribution in [2.24, 2.45) is 11.8 Å². The van der Waals surface area contributed by atoms with E-state index < -0.39 is 0 Å². The average molecular weight is 188 g/mol. The largest absolute Gasteiger partial charge is 0.303 e. The Morgan fingerprint density at radius 1 is 1.07 bits per heavy atom. The van der Waals surface area contributed by atoms with Crippen molar-refractivity contribution in [2.75, 3.05) is 0 Å². The molecule has 1 rings (SSSR count). The maximum absolute atomic E-state index is 10.5. The molecule has 0 heterocycles. The van der Waals surface area contributed by atoms with Crippen LogP contribution in [0.1, 0.15) is 19.4 Å². The molecule has 0 saturated heterocycles. The first-order valence-electron chi connectivity index (χ1n) is 4.92. The molecule has 0 bridgehead atoms. The van der Waals surface area contributed by atoms with E-state index in [1.165, 1.54) is 5.56 Å². The maximum atomic E-state index is 10.5. The van der Waals surface area contributed by atoms with Crippen LogP contribution in [0, 0.1) is 11.8 Å². The van der Waals surface area contributed by atoms with Crippen LogP contribution < -0.4 is 0 Å². The summed E-state index contributed by atoms with van der Waals surface area (Å²) in [6.45, 7) is 3.99. The summed E-state index contributed by atoms with van der Waals surface area (Å²) in [6.07, 6.45) is 5.14. The molecule has 1 aromatic rings. The SMILES string of the molecule is C[C@H](C=O)[C@H](C)/C=C/c1ccccc1. The van der Waals surface area contributed by atoms with Gasteiger partial charge in [-0.2, -0.15) is 0 Å². The van der Waals surface area contributed by atoms with E-state index in [0.717, 1.165) is 6.29 Å². The van der Waals surface area contributed by atoms with Crippen LogP contribution in [0.5, 0.6) is 0 Å². The van der Waals surface area contributed by atoms with Gasteiger partial charge in [-0.3, -0.25) is 0 Å². The van der Waals surface area contributed by atoms with E-state index in [9.17, 15) is 4.79 Å². The Morgan fingerprint density at radius 2 is 1.71 bits per heavy atom. The Hall–Kier alpha value is -1.37. The van der Waals surface area contributed by atoms with Gasteiger partial charge in [0.25, 0.3) is 0 Å². The molecule has 0 N–H and O–H groups in total. The van der Waals surface area contributed by atoms with Crippen LogP contribution in [0.4, 0.5) is 0 Å². The molecule has 0 aliphatic heterocycles. The van der Waals surface area contributed by atoms with Gasteiger partial charge in [-0.1, -0.05) is 56.3 Å². The van der Waals surface area contributed by atoms with Crippen LogP contribution >= 0.6 is 0 Å². The minimum atomic E-state index is 0.0926. The van der Waals surface area contributed by atoms with Crippen molar-refractivity contribution in [1.29, 1.82) is 0 Å². The predicted octanol–water partition coefficient (Wildman–Crippen LogP) is 3.17. The molecule has 0 aliphatic rings. The van der Waals surface area contributed by atoms with Crippen molar-refractivity contribution in [3.05, 3.63) is 42.0 Å². The van der Waals surface area contributed by atoms with Gasteiger partial charge in [-0.25, -0.2) is 0 Å². The topological polar surface area (TPSA) is 17.1 Å². The molecule has 14 heavy (non-hydrogen) atoms. The van der Waals surface area contributed by atoms with Crippen LogP contribution in [0.3, 0.4) is 0 Å². The number of rotatable bonds is 4. The highest BCUT2D eigenvalue weighted by molar-refractivity contribution is 5.55. The van der Waals surface area contributed by atoms with Gasteiger partial charge in [-0.15, -0.1) is 0 Å². The number of hydrogen-bond donors (Lipinski definition) is 0. The van der Waals surface area contributed by atoms with E-state index in [0.29, 0.717) is 5.92 Å². The number of aldehydes is 1. The zero-order valence-electron chi connectivity index (χ0n) is 8.68. The normalized spacial score (nSPS) is 15.3. The maximum Gasteiger partial charge on any atom is 0.123 e. The van der Waals surface area contributed by atoms with Crippen LogP contribution in [-0.4, -0.2) is 6.29 Å². The molecular formula is C13H16O. The second kappa shape index (κ2) is 5.38. The Bertz CT molecular complexity index is 300. The molecule has 1 nitrogen and oxygen atoms in total. The van der Waals surface area contributed by atoms with Gasteiger partial charge >= 0.3 is 0 Å². The molecular weight excluding hydrogens is 172 g/mol. The first-order valence-corrected chi connectivity index (χ1v) is 4.92. The van der Waals surface area contributed by atoms with Gasteiger partial charge in [0.15, 0.2) is 0 Å². The molecule has 2 atom stereocenters. The van der Waals surface area contributed by atoms with Gasteiger partial charge in [0.1, 0.15) is 6.29 Å². The van der Waals surface area contributed by atoms with Crippen molar-refractivity contribution in [3.8, 4) is 0 Å². The monoisotopic (exact) mass is 188 g/mol. The fourth-order valence-electron chi connectivity index (χ4n) is 1.13. The lowest BCUT2D eigenvalue weighted by atomic mass is 9.96. The minimum absolute atomic E-state index is 0.0926. The predicted molar refractivity (Wildman–Crippen MR) is 59.9 cm³/mol. The highest BCUT2D eigenvalue weighted by Gasteiger charge is 2.06. The summed E-state index contributed by atoms with van der Waals surface area (Å²) in [4.78, 5) is 10.5. The zero-order valence-corrected chi connectivity index (χ0v) is 8.68. The molecule has 74 valence electrons. The lowest BCUT2D eigenvalue weighted by Gasteiger charge is -2.08. The van der Waals surface area contributed by atoms with Crippen LogP contribution in [0.15, 0.2) is 36.4 Å². The number of benzene rings is 1. The zero-order chi connectivity index (χ0) is 10.4. The molecule has 0 fully saturated rings. The molecule has 1 aromatic carbocycles. The summed E-state index contributed by atoms with van der Waals surface area (Å²) < 4.78 is 0. The van der Waals surface area contributed by atoms with E-state index in [-0.39, 0.29) is 5.92 Å². The first-order chi connectivity index (χ1) is 6.74. The summed E-state index contributed by atoms with van der Waals surface area (Å²) in [5.74, 6) is 0.391. The fourth-order valence-corrected chi connectivity index (χ4v) is 1.13. The van der Waals surface area contributed by atoms with Crippen molar-refractivity contribution < 1.29 is 4.79 Å². The Kier molecular flexibility index (Phi) is 4.11.